The van der Waals surface area contributed by atoms with Gasteiger partial charge in [0.25, 0.3) is 5.91 Å². The molecule has 1 aliphatic heterocycles. The highest BCUT2D eigenvalue weighted by Gasteiger charge is 2.32. The van der Waals surface area contributed by atoms with Gasteiger partial charge in [0.1, 0.15) is 16.7 Å². The van der Waals surface area contributed by atoms with Crippen LogP contribution in [0.5, 0.6) is 11.5 Å². The Morgan fingerprint density at radius 2 is 1.85 bits per heavy atom. The minimum Gasteiger partial charge on any atom is -0.493 e. The van der Waals surface area contributed by atoms with Gasteiger partial charge in [-0.15, -0.1) is 0 Å². The summed E-state index contributed by atoms with van der Waals surface area (Å²) in [6.07, 6.45) is 5.56. The van der Waals surface area contributed by atoms with Crippen LogP contribution in [0.25, 0.3) is 17.0 Å². The zero-order valence-corrected chi connectivity index (χ0v) is 20.1. The Kier molecular flexibility index (Phi) is 6.42. The molecule has 2 aromatic heterocycles. The highest BCUT2D eigenvalue weighted by atomic mass is 32.2. The summed E-state index contributed by atoms with van der Waals surface area (Å²) in [5, 5.41) is 1.07. The van der Waals surface area contributed by atoms with E-state index in [1.165, 1.54) is 11.8 Å². The lowest BCUT2D eigenvalue weighted by Crippen LogP contribution is -2.27. The number of methoxy groups -OCH3 is 1. The molecule has 0 aliphatic carbocycles. The van der Waals surface area contributed by atoms with Crippen LogP contribution in [0.1, 0.15) is 11.3 Å². The van der Waals surface area contributed by atoms with E-state index in [0.29, 0.717) is 46.2 Å². The van der Waals surface area contributed by atoms with Crippen LogP contribution in [0.4, 0.5) is 0 Å². The van der Waals surface area contributed by atoms with Crippen LogP contribution in [-0.4, -0.2) is 33.4 Å². The number of nitrogens with zero attached hydrogens (tertiary/aromatic N) is 2. The van der Waals surface area contributed by atoms with Crippen LogP contribution in [0, 0.1) is 0 Å². The number of hydrogen-bond acceptors (Lipinski definition) is 6. The van der Waals surface area contributed by atoms with Gasteiger partial charge in [0.15, 0.2) is 11.5 Å². The lowest BCUT2D eigenvalue weighted by atomic mass is 10.1. The maximum Gasteiger partial charge on any atom is 0.266 e. The molecule has 6 nitrogen and oxygen atoms in total. The molecule has 2 aromatic carbocycles. The average Bonchev–Trinajstić information content (AvgIpc) is 3.56. The van der Waals surface area contributed by atoms with Gasteiger partial charge in [-0.1, -0.05) is 54.3 Å². The van der Waals surface area contributed by atoms with E-state index in [9.17, 15) is 4.79 Å². The van der Waals surface area contributed by atoms with Crippen LogP contribution in [0.2, 0.25) is 0 Å². The number of furan rings is 1. The van der Waals surface area contributed by atoms with Crippen molar-refractivity contribution in [2.24, 2.45) is 0 Å². The number of thioether (sulfide) groups is 1. The molecule has 1 saturated heterocycles. The number of ether oxygens (including phenoxy) is 2. The number of carbonyl (C=O) groups excluding carboxylic acids is 1. The van der Waals surface area contributed by atoms with Gasteiger partial charge in [0.2, 0.25) is 0 Å². The zero-order chi connectivity index (χ0) is 23.5. The molecule has 0 atom stereocenters. The number of thiocarbonyl (C=S) groups is 1. The zero-order valence-electron chi connectivity index (χ0n) is 18.5. The van der Waals surface area contributed by atoms with Crippen LogP contribution in [-0.2, 0) is 17.9 Å². The molecule has 172 valence electrons. The number of amides is 1. The predicted molar refractivity (Wildman–Crippen MR) is 138 cm³/mol. The Hall–Kier alpha value is -3.49. The van der Waals surface area contributed by atoms with Crippen molar-refractivity contribution < 1.29 is 18.7 Å². The fraction of sp³-hybridized carbons (Fsp3) is 0.154. The lowest BCUT2D eigenvalue weighted by molar-refractivity contribution is -0.122. The topological polar surface area (TPSA) is 56.8 Å². The summed E-state index contributed by atoms with van der Waals surface area (Å²) in [7, 11) is 1.63. The van der Waals surface area contributed by atoms with E-state index >= 15 is 0 Å². The molecule has 0 bridgehead atoms. The summed E-state index contributed by atoms with van der Waals surface area (Å²) < 4.78 is 19.4. The number of aromatic nitrogens is 1. The van der Waals surface area contributed by atoms with Gasteiger partial charge in [-0.05, 0) is 36.4 Å². The van der Waals surface area contributed by atoms with E-state index in [4.69, 9.17) is 26.1 Å². The van der Waals surface area contributed by atoms with Crippen molar-refractivity contribution in [3.05, 3.63) is 89.4 Å². The first-order chi connectivity index (χ1) is 16.6. The summed E-state index contributed by atoms with van der Waals surface area (Å²) in [5.41, 5.74) is 2.04. The highest BCUT2D eigenvalue weighted by molar-refractivity contribution is 8.26. The summed E-state index contributed by atoms with van der Waals surface area (Å²) in [6.45, 7) is 1.45. The van der Waals surface area contributed by atoms with E-state index in [-0.39, 0.29) is 5.91 Å². The number of carbonyl (C=O) groups is 1. The first-order valence-corrected chi connectivity index (χ1v) is 12.0. The third-order valence-electron chi connectivity index (χ3n) is 5.53. The molecule has 8 heteroatoms. The Bertz CT molecular complexity index is 1370. The van der Waals surface area contributed by atoms with Crippen LogP contribution < -0.4 is 9.47 Å². The Balaban J connectivity index is 1.37. The molecule has 4 aromatic rings. The Morgan fingerprint density at radius 3 is 2.65 bits per heavy atom. The minimum atomic E-state index is -0.109. The van der Waals surface area contributed by atoms with Crippen molar-refractivity contribution in [1.82, 2.24) is 9.47 Å². The maximum absolute atomic E-state index is 13.0. The summed E-state index contributed by atoms with van der Waals surface area (Å²) >= 11 is 6.78. The number of rotatable bonds is 8. The van der Waals surface area contributed by atoms with Gasteiger partial charge in [0.05, 0.1) is 31.4 Å². The van der Waals surface area contributed by atoms with Crippen LogP contribution in [0.3, 0.4) is 0 Å². The monoisotopic (exact) mass is 490 g/mol. The molecule has 1 aliphatic rings. The third kappa shape index (κ3) is 4.47. The predicted octanol–water partition coefficient (Wildman–Crippen LogP) is 5.72. The van der Waals surface area contributed by atoms with E-state index in [2.05, 4.69) is 22.9 Å². The molecule has 34 heavy (non-hydrogen) atoms. The Morgan fingerprint density at radius 1 is 1.06 bits per heavy atom. The fourth-order valence-corrected chi connectivity index (χ4v) is 5.15. The van der Waals surface area contributed by atoms with Gasteiger partial charge < -0.3 is 18.5 Å². The van der Waals surface area contributed by atoms with Gasteiger partial charge in [-0.3, -0.25) is 9.69 Å². The average molecular weight is 491 g/mol. The normalized spacial score (nSPS) is 15.0. The fourth-order valence-electron chi connectivity index (χ4n) is 3.90. The molecule has 5 rings (SSSR count). The largest absolute Gasteiger partial charge is 0.493 e. The van der Waals surface area contributed by atoms with Crippen molar-refractivity contribution in [2.75, 3.05) is 13.7 Å². The van der Waals surface area contributed by atoms with Crippen molar-refractivity contribution in [3.63, 3.8) is 0 Å². The first-order valence-electron chi connectivity index (χ1n) is 10.8. The summed E-state index contributed by atoms with van der Waals surface area (Å²) in [5.74, 6) is 2.01. The quantitative estimate of drug-likeness (QED) is 0.232. The maximum atomic E-state index is 13.0. The van der Waals surface area contributed by atoms with Crippen molar-refractivity contribution in [1.29, 1.82) is 0 Å². The second-order valence-electron chi connectivity index (χ2n) is 7.64. The van der Waals surface area contributed by atoms with Crippen molar-refractivity contribution >= 4 is 51.2 Å². The van der Waals surface area contributed by atoms with Gasteiger partial charge >= 0.3 is 0 Å². The minimum absolute atomic E-state index is 0.109. The van der Waals surface area contributed by atoms with Gasteiger partial charge in [-0.25, -0.2) is 0 Å². The van der Waals surface area contributed by atoms with E-state index in [1.807, 2.05) is 48.5 Å². The second-order valence-corrected chi connectivity index (χ2v) is 9.32. The molecule has 0 spiro atoms. The number of hydrogen-bond donors (Lipinski definition) is 0. The summed E-state index contributed by atoms with van der Waals surface area (Å²) in [6, 6.07) is 19.4. The SMILES string of the molecule is COc1ccccc1OCCn1cc(C=C2SC(=S)N(Cc3ccco3)C2=O)c2ccccc21. The van der Waals surface area contributed by atoms with E-state index < -0.39 is 0 Å². The van der Waals surface area contributed by atoms with Crippen LogP contribution in [0.15, 0.2) is 82.4 Å². The number of benzene rings is 2. The standard InChI is InChI=1S/C26H22N2O4S2/c1-30-22-10-4-5-11-23(22)32-14-12-27-16-18(20-8-2-3-9-21(20)27)15-24-25(29)28(26(33)34-24)17-19-7-6-13-31-19/h2-11,13,15-16H,12,14,17H2,1H3. The second kappa shape index (κ2) is 9.79. The molecule has 0 radical (unpaired) electrons. The molecule has 0 saturated carbocycles. The number of fused-ring (bicyclic) bond motifs is 1. The Labute approximate surface area is 206 Å². The third-order valence-corrected chi connectivity index (χ3v) is 6.91. The molecule has 1 amide bonds. The van der Waals surface area contributed by atoms with Gasteiger partial charge in [-0.2, -0.15) is 0 Å². The molecule has 0 N–H and O–H groups in total. The molecule has 3 heterocycles. The van der Waals surface area contributed by atoms with Crippen LogP contribution >= 0.6 is 24.0 Å². The molecular formula is C26H22N2O4S2. The van der Waals surface area contributed by atoms with Crippen molar-refractivity contribution in [2.45, 2.75) is 13.1 Å². The lowest BCUT2D eigenvalue weighted by Gasteiger charge is -2.11. The number of para-hydroxylation sites is 3. The molecular weight excluding hydrogens is 468 g/mol. The molecule has 0 unspecified atom stereocenters. The van der Waals surface area contributed by atoms with Gasteiger partial charge in [0, 0.05) is 22.7 Å². The van der Waals surface area contributed by atoms with E-state index in [1.54, 1.807) is 24.3 Å². The highest BCUT2D eigenvalue weighted by Crippen LogP contribution is 2.35. The van der Waals surface area contributed by atoms with E-state index in [0.717, 1.165) is 16.5 Å². The first kappa shape index (κ1) is 22.3. The smallest absolute Gasteiger partial charge is 0.266 e. The molecule has 1 fully saturated rings. The summed E-state index contributed by atoms with van der Waals surface area (Å²) in [4.78, 5) is 15.2. The van der Waals surface area contributed by atoms with Crippen molar-refractivity contribution in [3.8, 4) is 11.5 Å².